The number of carbonyl (C=O) groups excluding carboxylic acids is 1. The number of carbonyl (C=O) groups is 1. The van der Waals surface area contributed by atoms with Gasteiger partial charge in [0.15, 0.2) is 0 Å². The van der Waals surface area contributed by atoms with Gasteiger partial charge in [-0.2, -0.15) is 0 Å². The Bertz CT molecular complexity index is 379. The second kappa shape index (κ2) is 6.27. The van der Waals surface area contributed by atoms with Crippen molar-refractivity contribution in [2.24, 2.45) is 17.8 Å². The lowest BCUT2D eigenvalue weighted by Gasteiger charge is -2.32. The molecule has 4 nitrogen and oxygen atoms in total. The number of ether oxygens (including phenoxy) is 2. The first-order chi connectivity index (χ1) is 9.47. The van der Waals surface area contributed by atoms with E-state index in [4.69, 9.17) is 9.47 Å². The molecule has 0 amide bonds. The summed E-state index contributed by atoms with van der Waals surface area (Å²) in [5.41, 5.74) is 0.438. The van der Waals surface area contributed by atoms with Crippen molar-refractivity contribution in [1.29, 1.82) is 0 Å². The molecule has 4 heteroatoms. The fourth-order valence-corrected chi connectivity index (χ4v) is 3.80. The van der Waals surface area contributed by atoms with Crippen LogP contribution in [0.5, 0.6) is 0 Å². The molecule has 2 heterocycles. The van der Waals surface area contributed by atoms with Crippen LogP contribution in [0.3, 0.4) is 0 Å². The van der Waals surface area contributed by atoms with Crippen LogP contribution in [0.15, 0.2) is 12.2 Å². The normalized spacial score (nSPS) is 36.9. The van der Waals surface area contributed by atoms with E-state index < -0.39 is 0 Å². The van der Waals surface area contributed by atoms with Crippen LogP contribution in [0.4, 0.5) is 0 Å². The molecule has 6 atom stereocenters. The Kier molecular flexibility index (Phi) is 4.86. The summed E-state index contributed by atoms with van der Waals surface area (Å²) < 4.78 is 11.4. The fraction of sp³-hybridized carbons (Fsp3) is 0.812. The first-order valence-corrected chi connectivity index (χ1v) is 7.60. The highest BCUT2D eigenvalue weighted by Gasteiger charge is 2.52. The summed E-state index contributed by atoms with van der Waals surface area (Å²) in [6.07, 6.45) is 3.09. The first-order valence-electron chi connectivity index (χ1n) is 7.60. The number of fused-ring (bicyclic) bond motifs is 2. The van der Waals surface area contributed by atoms with Crippen LogP contribution in [-0.2, 0) is 14.3 Å². The van der Waals surface area contributed by atoms with Gasteiger partial charge >= 0.3 is 5.97 Å². The Morgan fingerprint density at radius 2 is 2.20 bits per heavy atom. The minimum Gasteiger partial charge on any atom is -0.459 e. The summed E-state index contributed by atoms with van der Waals surface area (Å²) in [6.45, 7) is 9.58. The molecule has 0 aromatic carbocycles. The van der Waals surface area contributed by atoms with Gasteiger partial charge in [0.05, 0.1) is 18.3 Å². The predicted octanol–water partition coefficient (Wildman–Crippen LogP) is 2.31. The third-order valence-electron chi connectivity index (χ3n) is 4.75. The van der Waals surface area contributed by atoms with E-state index in [1.807, 2.05) is 6.92 Å². The lowest BCUT2D eigenvalue weighted by atomic mass is 9.71. The Morgan fingerprint density at radius 1 is 1.50 bits per heavy atom. The standard InChI is InChI=1S/C16H26O4/c1-5-12-13(6-10(4)19-16(18)9(2)3)14-7-11(8-17)15(12)20-14/h10-15,17H,2,5-8H2,1,3-4H3. The van der Waals surface area contributed by atoms with Gasteiger partial charge in [0.2, 0.25) is 0 Å². The average molecular weight is 282 g/mol. The Morgan fingerprint density at radius 3 is 2.75 bits per heavy atom. The molecule has 0 aliphatic carbocycles. The molecule has 1 N–H and O–H groups in total. The molecule has 2 aliphatic rings. The van der Waals surface area contributed by atoms with Gasteiger partial charge in [0.25, 0.3) is 0 Å². The summed E-state index contributed by atoms with van der Waals surface area (Å²) >= 11 is 0. The monoisotopic (exact) mass is 282 g/mol. The maximum Gasteiger partial charge on any atom is 0.333 e. The molecule has 0 aromatic heterocycles. The lowest BCUT2D eigenvalue weighted by Crippen LogP contribution is -2.36. The van der Waals surface area contributed by atoms with Gasteiger partial charge in [-0.3, -0.25) is 0 Å². The van der Waals surface area contributed by atoms with Gasteiger partial charge in [-0.1, -0.05) is 19.9 Å². The van der Waals surface area contributed by atoms with Crippen LogP contribution in [0, 0.1) is 17.8 Å². The third kappa shape index (κ3) is 2.91. The zero-order valence-electron chi connectivity index (χ0n) is 12.7. The maximum absolute atomic E-state index is 11.6. The number of rotatable bonds is 6. The highest BCUT2D eigenvalue weighted by atomic mass is 16.5. The highest BCUT2D eigenvalue weighted by Crippen LogP contribution is 2.49. The van der Waals surface area contributed by atoms with Crippen LogP contribution < -0.4 is 0 Å². The number of esters is 1. The molecule has 0 saturated carbocycles. The Hall–Kier alpha value is -0.870. The van der Waals surface area contributed by atoms with Gasteiger partial charge in [0.1, 0.15) is 0 Å². The lowest BCUT2D eigenvalue weighted by molar-refractivity contribution is -0.144. The van der Waals surface area contributed by atoms with Crippen molar-refractivity contribution in [3.63, 3.8) is 0 Å². The zero-order valence-corrected chi connectivity index (χ0v) is 12.7. The van der Waals surface area contributed by atoms with Gasteiger partial charge in [-0.05, 0) is 38.5 Å². The van der Waals surface area contributed by atoms with Crippen LogP contribution in [-0.4, -0.2) is 36.0 Å². The Labute approximate surface area is 121 Å². The van der Waals surface area contributed by atoms with Crippen molar-refractivity contribution >= 4 is 5.97 Å². The molecule has 2 bridgehead atoms. The topological polar surface area (TPSA) is 55.8 Å². The largest absolute Gasteiger partial charge is 0.459 e. The summed E-state index contributed by atoms with van der Waals surface area (Å²) in [5, 5.41) is 9.39. The summed E-state index contributed by atoms with van der Waals surface area (Å²) in [6, 6.07) is 0. The Balaban J connectivity index is 1.93. The average Bonchev–Trinajstić information content (AvgIpc) is 2.95. The molecule has 2 fully saturated rings. The van der Waals surface area contributed by atoms with Crippen LogP contribution in [0.2, 0.25) is 0 Å². The number of hydrogen-bond acceptors (Lipinski definition) is 4. The van der Waals surface area contributed by atoms with Crippen molar-refractivity contribution in [2.75, 3.05) is 6.61 Å². The van der Waals surface area contributed by atoms with E-state index >= 15 is 0 Å². The number of hydrogen-bond donors (Lipinski definition) is 1. The minimum atomic E-state index is -0.317. The summed E-state index contributed by atoms with van der Waals surface area (Å²) in [4.78, 5) is 11.6. The van der Waals surface area contributed by atoms with Crippen LogP contribution in [0.1, 0.15) is 40.0 Å². The molecular weight excluding hydrogens is 256 g/mol. The van der Waals surface area contributed by atoms with Gasteiger partial charge in [-0.25, -0.2) is 4.79 Å². The molecule has 2 aliphatic heterocycles. The molecule has 20 heavy (non-hydrogen) atoms. The van der Waals surface area contributed by atoms with E-state index in [0.717, 1.165) is 19.3 Å². The van der Waals surface area contributed by atoms with E-state index in [0.29, 0.717) is 17.4 Å². The smallest absolute Gasteiger partial charge is 0.333 e. The second-order valence-electron chi connectivity index (χ2n) is 6.29. The molecule has 2 rings (SSSR count). The zero-order chi connectivity index (χ0) is 14.9. The van der Waals surface area contributed by atoms with E-state index in [-0.39, 0.29) is 36.8 Å². The quantitative estimate of drug-likeness (QED) is 0.600. The van der Waals surface area contributed by atoms with Gasteiger partial charge in [0, 0.05) is 18.1 Å². The summed E-state index contributed by atoms with van der Waals surface area (Å²) in [7, 11) is 0. The maximum atomic E-state index is 11.6. The first kappa shape index (κ1) is 15.5. The van der Waals surface area contributed by atoms with Crippen molar-refractivity contribution in [3.05, 3.63) is 12.2 Å². The molecule has 0 spiro atoms. The van der Waals surface area contributed by atoms with Gasteiger partial charge in [-0.15, -0.1) is 0 Å². The second-order valence-corrected chi connectivity index (χ2v) is 6.29. The highest BCUT2D eigenvalue weighted by molar-refractivity contribution is 5.87. The van der Waals surface area contributed by atoms with Crippen LogP contribution in [0.25, 0.3) is 0 Å². The molecular formula is C16H26O4. The van der Waals surface area contributed by atoms with Crippen LogP contribution >= 0.6 is 0 Å². The molecule has 2 saturated heterocycles. The van der Waals surface area contributed by atoms with Crippen molar-refractivity contribution < 1.29 is 19.4 Å². The third-order valence-corrected chi connectivity index (χ3v) is 4.75. The molecule has 0 aromatic rings. The summed E-state index contributed by atoms with van der Waals surface area (Å²) in [5.74, 6) is 0.870. The number of aliphatic hydroxyl groups excluding tert-OH is 1. The van der Waals surface area contributed by atoms with E-state index in [9.17, 15) is 9.90 Å². The van der Waals surface area contributed by atoms with E-state index in [1.54, 1.807) is 6.92 Å². The van der Waals surface area contributed by atoms with E-state index in [1.165, 1.54) is 0 Å². The number of aliphatic hydroxyl groups is 1. The molecule has 6 unspecified atom stereocenters. The van der Waals surface area contributed by atoms with E-state index in [2.05, 4.69) is 13.5 Å². The predicted molar refractivity (Wildman–Crippen MR) is 76.1 cm³/mol. The van der Waals surface area contributed by atoms with Crippen molar-refractivity contribution in [1.82, 2.24) is 0 Å². The van der Waals surface area contributed by atoms with Gasteiger partial charge < -0.3 is 14.6 Å². The minimum absolute atomic E-state index is 0.117. The van der Waals surface area contributed by atoms with Crippen molar-refractivity contribution in [2.45, 2.75) is 58.3 Å². The molecule has 114 valence electrons. The SMILES string of the molecule is C=C(C)C(=O)OC(C)CC1C2CC(CO)C(O2)C1CC. The molecule has 0 radical (unpaired) electrons. The van der Waals surface area contributed by atoms with Crippen molar-refractivity contribution in [3.8, 4) is 0 Å². The fourth-order valence-electron chi connectivity index (χ4n) is 3.80.